The van der Waals surface area contributed by atoms with Gasteiger partial charge in [-0.15, -0.1) is 0 Å². The summed E-state index contributed by atoms with van der Waals surface area (Å²) in [5, 5.41) is 5.98. The fraction of sp³-hybridized carbons (Fsp3) is 0.900. The average molecular weight is 199 g/mol. The van der Waals surface area contributed by atoms with Crippen molar-refractivity contribution in [2.45, 2.75) is 32.4 Å². The molecule has 4 nitrogen and oxygen atoms in total. The topological polar surface area (TPSA) is 44.4 Å². The molecule has 0 aromatic carbocycles. The van der Waals surface area contributed by atoms with Crippen molar-refractivity contribution in [3.63, 3.8) is 0 Å². The predicted molar refractivity (Wildman–Crippen MR) is 57.2 cm³/mol. The van der Waals surface area contributed by atoms with Crippen LogP contribution >= 0.6 is 0 Å². The summed E-state index contributed by atoms with van der Waals surface area (Å²) in [6.45, 7) is 6.82. The van der Waals surface area contributed by atoms with E-state index < -0.39 is 0 Å². The Kier molecular flexibility index (Phi) is 4.35. The van der Waals surface area contributed by atoms with Gasteiger partial charge in [-0.2, -0.15) is 0 Å². The Bertz CT molecular complexity index is 196. The van der Waals surface area contributed by atoms with Crippen molar-refractivity contribution < 1.29 is 4.79 Å². The minimum atomic E-state index is 0.00343. The summed E-state index contributed by atoms with van der Waals surface area (Å²) in [4.78, 5) is 13.9. The Morgan fingerprint density at radius 3 is 3.00 bits per heavy atom. The van der Waals surface area contributed by atoms with Gasteiger partial charge in [0.05, 0.1) is 0 Å². The normalized spacial score (nSPS) is 25.9. The maximum Gasteiger partial charge on any atom is 0.238 e. The zero-order valence-corrected chi connectivity index (χ0v) is 9.34. The lowest BCUT2D eigenvalue weighted by molar-refractivity contribution is -0.129. The molecule has 0 radical (unpaired) electrons. The molecule has 1 fully saturated rings. The highest BCUT2D eigenvalue weighted by molar-refractivity contribution is 5.82. The van der Waals surface area contributed by atoms with E-state index in [1.165, 1.54) is 0 Å². The van der Waals surface area contributed by atoms with Crippen LogP contribution in [0.3, 0.4) is 0 Å². The van der Waals surface area contributed by atoms with E-state index in [1.54, 1.807) is 0 Å². The molecule has 1 aliphatic rings. The number of piperazine rings is 1. The first-order chi connectivity index (χ1) is 6.70. The first kappa shape index (κ1) is 11.5. The lowest BCUT2D eigenvalue weighted by atomic mass is 10.1. The number of hydrogen-bond acceptors (Lipinski definition) is 3. The molecule has 1 heterocycles. The fourth-order valence-corrected chi connectivity index (χ4v) is 1.90. The Morgan fingerprint density at radius 1 is 1.71 bits per heavy atom. The standard InChI is InChI=1S/C10H21N3O/c1-4-8(2)13-6-5-12-10(14)9(13)7-11-3/h8-9,11H,4-7H2,1-3H3,(H,12,14). The van der Waals surface area contributed by atoms with Gasteiger partial charge in [-0.3, -0.25) is 9.69 Å². The smallest absolute Gasteiger partial charge is 0.238 e. The lowest BCUT2D eigenvalue weighted by Crippen LogP contribution is -2.60. The molecule has 0 saturated carbocycles. The van der Waals surface area contributed by atoms with Gasteiger partial charge in [0, 0.05) is 25.7 Å². The summed E-state index contributed by atoms with van der Waals surface area (Å²) in [6, 6.07) is 0.489. The quantitative estimate of drug-likeness (QED) is 0.659. The number of rotatable bonds is 4. The molecular weight excluding hydrogens is 178 g/mol. The van der Waals surface area contributed by atoms with Crippen LogP contribution in [-0.2, 0) is 4.79 Å². The Labute approximate surface area is 86.0 Å². The molecule has 0 aliphatic carbocycles. The second-order valence-electron chi connectivity index (χ2n) is 3.86. The highest BCUT2D eigenvalue weighted by atomic mass is 16.2. The van der Waals surface area contributed by atoms with Crippen LogP contribution < -0.4 is 10.6 Å². The van der Waals surface area contributed by atoms with Crippen molar-refractivity contribution in [3.05, 3.63) is 0 Å². The van der Waals surface area contributed by atoms with Crippen molar-refractivity contribution in [3.8, 4) is 0 Å². The maximum atomic E-state index is 11.6. The number of hydrogen-bond donors (Lipinski definition) is 2. The molecule has 4 heteroatoms. The molecule has 1 amide bonds. The van der Waals surface area contributed by atoms with E-state index >= 15 is 0 Å². The van der Waals surface area contributed by atoms with E-state index in [9.17, 15) is 4.79 Å². The predicted octanol–water partition coefficient (Wildman–Crippen LogP) is -0.195. The van der Waals surface area contributed by atoms with E-state index in [2.05, 4.69) is 29.4 Å². The third kappa shape index (κ3) is 2.45. The summed E-state index contributed by atoms with van der Waals surface area (Å²) >= 11 is 0. The van der Waals surface area contributed by atoms with Crippen LogP contribution in [0, 0.1) is 0 Å². The number of likely N-dealkylation sites (N-methyl/N-ethyl adjacent to an activating group) is 1. The van der Waals surface area contributed by atoms with Gasteiger partial charge >= 0.3 is 0 Å². The summed E-state index contributed by atoms with van der Waals surface area (Å²) in [6.07, 6.45) is 1.09. The first-order valence-corrected chi connectivity index (χ1v) is 5.38. The molecule has 82 valence electrons. The lowest BCUT2D eigenvalue weighted by Gasteiger charge is -2.38. The monoisotopic (exact) mass is 199 g/mol. The minimum absolute atomic E-state index is 0.00343. The molecule has 1 rings (SSSR count). The number of amides is 1. The van der Waals surface area contributed by atoms with E-state index in [4.69, 9.17) is 0 Å². The minimum Gasteiger partial charge on any atom is -0.353 e. The molecule has 2 N–H and O–H groups in total. The van der Waals surface area contributed by atoms with E-state index in [0.717, 1.165) is 26.1 Å². The third-order valence-electron chi connectivity index (χ3n) is 2.93. The second kappa shape index (κ2) is 5.32. The SMILES string of the molecule is CCC(C)N1CCNC(=O)C1CNC. The first-order valence-electron chi connectivity index (χ1n) is 5.38. The highest BCUT2D eigenvalue weighted by Crippen LogP contribution is 2.11. The molecule has 0 spiro atoms. The zero-order chi connectivity index (χ0) is 10.6. The van der Waals surface area contributed by atoms with Gasteiger partial charge in [0.2, 0.25) is 5.91 Å². The Balaban J connectivity index is 2.64. The maximum absolute atomic E-state index is 11.6. The second-order valence-corrected chi connectivity index (χ2v) is 3.86. The van der Waals surface area contributed by atoms with Gasteiger partial charge in [0.1, 0.15) is 6.04 Å². The molecule has 0 bridgehead atoms. The third-order valence-corrected chi connectivity index (χ3v) is 2.93. The van der Waals surface area contributed by atoms with Crippen molar-refractivity contribution in [2.24, 2.45) is 0 Å². The van der Waals surface area contributed by atoms with Crippen LogP contribution in [0.1, 0.15) is 20.3 Å². The Hall–Kier alpha value is -0.610. The summed E-state index contributed by atoms with van der Waals surface area (Å²) in [7, 11) is 1.89. The molecule has 2 atom stereocenters. The van der Waals surface area contributed by atoms with Gasteiger partial charge in [-0.25, -0.2) is 0 Å². The van der Waals surface area contributed by atoms with Gasteiger partial charge in [0.25, 0.3) is 0 Å². The summed E-state index contributed by atoms with van der Waals surface area (Å²) < 4.78 is 0. The molecular formula is C10H21N3O. The molecule has 14 heavy (non-hydrogen) atoms. The summed E-state index contributed by atoms with van der Waals surface area (Å²) in [5.41, 5.74) is 0. The van der Waals surface area contributed by atoms with Crippen LogP contribution in [0.2, 0.25) is 0 Å². The highest BCUT2D eigenvalue weighted by Gasteiger charge is 2.31. The van der Waals surface area contributed by atoms with Crippen molar-refractivity contribution in [1.29, 1.82) is 0 Å². The van der Waals surface area contributed by atoms with Gasteiger partial charge in [0.15, 0.2) is 0 Å². The van der Waals surface area contributed by atoms with Crippen LogP contribution in [-0.4, -0.2) is 49.6 Å². The van der Waals surface area contributed by atoms with Gasteiger partial charge in [-0.05, 0) is 20.4 Å². The van der Waals surface area contributed by atoms with Gasteiger partial charge < -0.3 is 10.6 Å². The van der Waals surface area contributed by atoms with Crippen molar-refractivity contribution >= 4 is 5.91 Å². The fourth-order valence-electron chi connectivity index (χ4n) is 1.90. The van der Waals surface area contributed by atoms with Crippen LogP contribution in [0.15, 0.2) is 0 Å². The van der Waals surface area contributed by atoms with Crippen LogP contribution in [0.25, 0.3) is 0 Å². The summed E-state index contributed by atoms with van der Waals surface area (Å²) in [5.74, 6) is 0.158. The van der Waals surface area contributed by atoms with Gasteiger partial charge in [-0.1, -0.05) is 6.92 Å². The average Bonchev–Trinajstić information content (AvgIpc) is 2.20. The van der Waals surface area contributed by atoms with Crippen LogP contribution in [0.4, 0.5) is 0 Å². The molecule has 0 aromatic heterocycles. The Morgan fingerprint density at radius 2 is 2.43 bits per heavy atom. The van der Waals surface area contributed by atoms with Crippen molar-refractivity contribution in [1.82, 2.24) is 15.5 Å². The van der Waals surface area contributed by atoms with E-state index in [-0.39, 0.29) is 11.9 Å². The van der Waals surface area contributed by atoms with E-state index in [0.29, 0.717) is 6.04 Å². The number of nitrogens with zero attached hydrogens (tertiary/aromatic N) is 1. The largest absolute Gasteiger partial charge is 0.353 e. The zero-order valence-electron chi connectivity index (χ0n) is 9.34. The van der Waals surface area contributed by atoms with Crippen molar-refractivity contribution in [2.75, 3.05) is 26.7 Å². The molecule has 1 aliphatic heterocycles. The molecule has 2 unspecified atom stereocenters. The van der Waals surface area contributed by atoms with E-state index in [1.807, 2.05) is 7.05 Å². The number of carbonyl (C=O) groups is 1. The number of carbonyl (C=O) groups excluding carboxylic acids is 1. The van der Waals surface area contributed by atoms with Crippen LogP contribution in [0.5, 0.6) is 0 Å². The number of nitrogens with one attached hydrogen (secondary N) is 2. The molecule has 1 saturated heterocycles. The molecule has 0 aromatic rings.